The van der Waals surface area contributed by atoms with Crippen molar-refractivity contribution >= 4 is 0 Å². The molecule has 7 heteroatoms. The number of hydrogen-bond acceptors (Lipinski definition) is 5. The van der Waals surface area contributed by atoms with Crippen LogP contribution in [0.3, 0.4) is 0 Å². The monoisotopic (exact) mass is 447 g/mol. The second kappa shape index (κ2) is 10.0. The Morgan fingerprint density at radius 2 is 1.56 bits per heavy atom. The summed E-state index contributed by atoms with van der Waals surface area (Å²) in [5.41, 5.74) is 5.54. The summed E-state index contributed by atoms with van der Waals surface area (Å²) in [5.74, 6) is 2.46. The fourth-order valence-electron chi connectivity index (χ4n) is 4.00. The maximum Gasteiger partial charge on any atom is 0.180 e. The van der Waals surface area contributed by atoms with Crippen molar-refractivity contribution < 1.29 is 0 Å². The van der Waals surface area contributed by atoms with Gasteiger partial charge in [0.15, 0.2) is 11.6 Å². The number of aromatic amines is 1. The third kappa shape index (κ3) is 4.83. The fraction of sp³-hybridized carbons (Fsp3) is 0.148. The number of tetrazole rings is 1. The molecule has 0 saturated heterocycles. The molecule has 0 saturated carbocycles. The third-order valence-electron chi connectivity index (χ3n) is 5.70. The van der Waals surface area contributed by atoms with Crippen molar-refractivity contribution in [2.75, 3.05) is 0 Å². The van der Waals surface area contributed by atoms with Gasteiger partial charge in [0.05, 0.1) is 0 Å². The molecule has 0 spiro atoms. The van der Waals surface area contributed by atoms with Crippen LogP contribution in [-0.4, -0.2) is 35.4 Å². The Bertz CT molecular complexity index is 1350. The average molecular weight is 448 g/mol. The number of nitrogens with one attached hydrogen (secondary N) is 1. The zero-order chi connectivity index (χ0) is 23.2. The lowest BCUT2D eigenvalue weighted by Crippen LogP contribution is -2.06. The van der Waals surface area contributed by atoms with Crippen LogP contribution in [0.4, 0.5) is 0 Å². The summed E-state index contributed by atoms with van der Waals surface area (Å²) >= 11 is 0. The van der Waals surface area contributed by atoms with Gasteiger partial charge in [-0.25, -0.2) is 14.8 Å². The minimum atomic E-state index is 0.654. The molecule has 0 radical (unpaired) electrons. The van der Waals surface area contributed by atoms with E-state index in [-0.39, 0.29) is 0 Å². The first-order valence-electron chi connectivity index (χ1n) is 11.3. The normalized spacial score (nSPS) is 10.9. The molecular weight excluding hydrogens is 422 g/mol. The molecule has 0 atom stereocenters. The summed E-state index contributed by atoms with van der Waals surface area (Å²) in [6.45, 7) is 4.63. The van der Waals surface area contributed by atoms with Crippen LogP contribution in [0, 0.1) is 0 Å². The number of rotatable bonds is 9. The lowest BCUT2D eigenvalue weighted by molar-refractivity contribution is 0.589. The minimum absolute atomic E-state index is 0.654. The lowest BCUT2D eigenvalue weighted by Gasteiger charge is -2.09. The zero-order valence-corrected chi connectivity index (χ0v) is 18.8. The number of benzene rings is 3. The minimum Gasteiger partial charge on any atom is -0.249 e. The number of aromatic nitrogens is 7. The van der Waals surface area contributed by atoms with Gasteiger partial charge < -0.3 is 0 Å². The van der Waals surface area contributed by atoms with Crippen molar-refractivity contribution in [1.82, 2.24) is 35.4 Å². The summed E-state index contributed by atoms with van der Waals surface area (Å²) in [6, 6.07) is 27.0. The summed E-state index contributed by atoms with van der Waals surface area (Å²) in [5, 5.41) is 19.1. The molecule has 2 aromatic heterocycles. The number of nitrogens with zero attached hydrogens (tertiary/aromatic N) is 6. The summed E-state index contributed by atoms with van der Waals surface area (Å²) in [7, 11) is 0. The largest absolute Gasteiger partial charge is 0.249 e. The van der Waals surface area contributed by atoms with Crippen LogP contribution in [0.5, 0.6) is 0 Å². The summed E-state index contributed by atoms with van der Waals surface area (Å²) in [4.78, 5) is 4.87. The quantitative estimate of drug-likeness (QED) is 0.326. The number of H-pyrrole nitrogens is 1. The molecular formula is C27H25N7. The van der Waals surface area contributed by atoms with Crippen molar-refractivity contribution in [2.24, 2.45) is 0 Å². The summed E-state index contributed by atoms with van der Waals surface area (Å²) < 4.78 is 2.01. The van der Waals surface area contributed by atoms with E-state index in [0.29, 0.717) is 12.2 Å². The molecule has 0 aliphatic carbocycles. The highest BCUT2D eigenvalue weighted by molar-refractivity contribution is 5.80. The molecule has 168 valence electrons. The van der Waals surface area contributed by atoms with E-state index in [1.165, 1.54) is 11.1 Å². The molecule has 0 aliphatic rings. The summed E-state index contributed by atoms with van der Waals surface area (Å²) in [6.07, 6.45) is 4.21. The lowest BCUT2D eigenvalue weighted by atomic mass is 9.98. The van der Waals surface area contributed by atoms with Crippen molar-refractivity contribution in [3.05, 3.63) is 114 Å². The molecule has 0 bridgehead atoms. The second-order valence-corrected chi connectivity index (χ2v) is 8.08. The van der Waals surface area contributed by atoms with Crippen LogP contribution in [0.1, 0.15) is 29.2 Å². The molecule has 0 unspecified atom stereocenters. The number of aryl methyl sites for hydroxylation is 1. The van der Waals surface area contributed by atoms with Gasteiger partial charge in [0.2, 0.25) is 0 Å². The van der Waals surface area contributed by atoms with Gasteiger partial charge in [0, 0.05) is 24.9 Å². The highest BCUT2D eigenvalue weighted by Gasteiger charge is 2.13. The zero-order valence-electron chi connectivity index (χ0n) is 18.8. The predicted octanol–water partition coefficient (Wildman–Crippen LogP) is 4.88. The molecule has 7 nitrogen and oxygen atoms in total. The van der Waals surface area contributed by atoms with Gasteiger partial charge in [-0.05, 0) is 39.1 Å². The van der Waals surface area contributed by atoms with Crippen molar-refractivity contribution in [1.29, 1.82) is 0 Å². The smallest absolute Gasteiger partial charge is 0.180 e. The van der Waals surface area contributed by atoms with E-state index in [1.807, 2.05) is 47.2 Å². The van der Waals surface area contributed by atoms with Crippen LogP contribution in [-0.2, 0) is 19.4 Å². The van der Waals surface area contributed by atoms with Crippen LogP contribution in [0.2, 0.25) is 0 Å². The SMILES string of the molecule is C=CCCn1nc(Cc2ccccc2)nc1Cc1ccc(-c2ccccc2-c2nnn[nH]2)cc1. The van der Waals surface area contributed by atoms with Crippen molar-refractivity contribution in [3.63, 3.8) is 0 Å². The molecule has 0 amide bonds. The first kappa shape index (κ1) is 21.5. The van der Waals surface area contributed by atoms with E-state index in [2.05, 4.69) is 69.7 Å². The van der Waals surface area contributed by atoms with Gasteiger partial charge in [-0.3, -0.25) is 0 Å². The van der Waals surface area contributed by atoms with Gasteiger partial charge in [-0.15, -0.1) is 11.7 Å². The van der Waals surface area contributed by atoms with E-state index in [4.69, 9.17) is 10.1 Å². The fourth-order valence-corrected chi connectivity index (χ4v) is 4.00. The van der Waals surface area contributed by atoms with E-state index >= 15 is 0 Å². The molecule has 2 heterocycles. The van der Waals surface area contributed by atoms with E-state index in [1.54, 1.807) is 0 Å². The molecule has 5 rings (SSSR count). The van der Waals surface area contributed by atoms with E-state index in [0.717, 1.165) is 47.7 Å². The van der Waals surface area contributed by atoms with Gasteiger partial charge in [-0.1, -0.05) is 84.9 Å². The molecule has 0 fully saturated rings. The molecule has 5 aromatic rings. The molecule has 3 aromatic carbocycles. The Hall–Kier alpha value is -4.39. The Morgan fingerprint density at radius 1 is 0.824 bits per heavy atom. The van der Waals surface area contributed by atoms with Crippen LogP contribution in [0.15, 0.2) is 91.5 Å². The highest BCUT2D eigenvalue weighted by atomic mass is 15.5. The maximum absolute atomic E-state index is 4.87. The topological polar surface area (TPSA) is 85.2 Å². The molecule has 1 N–H and O–H groups in total. The third-order valence-corrected chi connectivity index (χ3v) is 5.70. The Balaban J connectivity index is 1.38. The van der Waals surface area contributed by atoms with E-state index < -0.39 is 0 Å². The standard InChI is InChI=1S/C27H25N7/c1-2-3-17-34-26(28-25(31-34)18-20-9-5-4-6-10-20)19-21-13-15-22(16-14-21)23-11-7-8-12-24(23)27-29-32-33-30-27/h2,4-16H,1,3,17-19H2,(H,29,30,32,33). The van der Waals surface area contributed by atoms with Gasteiger partial charge in [0.1, 0.15) is 5.82 Å². The first-order valence-corrected chi connectivity index (χ1v) is 11.3. The Labute approximate surface area is 198 Å². The van der Waals surface area contributed by atoms with Crippen LogP contribution < -0.4 is 0 Å². The van der Waals surface area contributed by atoms with E-state index in [9.17, 15) is 0 Å². The average Bonchev–Trinajstić information content (AvgIpc) is 3.54. The van der Waals surface area contributed by atoms with Crippen LogP contribution in [0.25, 0.3) is 22.5 Å². The Morgan fingerprint density at radius 3 is 2.29 bits per heavy atom. The maximum atomic E-state index is 4.87. The van der Waals surface area contributed by atoms with Crippen molar-refractivity contribution in [2.45, 2.75) is 25.8 Å². The van der Waals surface area contributed by atoms with Gasteiger partial charge >= 0.3 is 0 Å². The van der Waals surface area contributed by atoms with Crippen molar-refractivity contribution in [3.8, 4) is 22.5 Å². The molecule has 0 aliphatic heterocycles. The second-order valence-electron chi connectivity index (χ2n) is 8.08. The number of hydrogen-bond donors (Lipinski definition) is 1. The first-order chi connectivity index (χ1) is 16.8. The van der Waals surface area contributed by atoms with Gasteiger partial charge in [-0.2, -0.15) is 5.10 Å². The molecule has 34 heavy (non-hydrogen) atoms. The Kier molecular flexibility index (Phi) is 6.34. The van der Waals surface area contributed by atoms with Crippen LogP contribution >= 0.6 is 0 Å². The highest BCUT2D eigenvalue weighted by Crippen LogP contribution is 2.30. The number of allylic oxidation sites excluding steroid dienone is 1. The predicted molar refractivity (Wildman–Crippen MR) is 132 cm³/mol. The van der Waals surface area contributed by atoms with Gasteiger partial charge in [0.25, 0.3) is 0 Å².